The molecule has 3 N–H and O–H groups in total. The van der Waals surface area contributed by atoms with Gasteiger partial charge >= 0.3 is 0 Å². The minimum Gasteiger partial charge on any atom is -0.399 e. The maximum atomic E-state index is 13.4. The first-order valence-electron chi connectivity index (χ1n) is 5.10. The second-order valence-electron chi connectivity index (χ2n) is 3.79. The Kier molecular flexibility index (Phi) is 3.05. The highest BCUT2D eigenvalue weighted by atomic mass is 19.1. The van der Waals surface area contributed by atoms with Gasteiger partial charge in [0.1, 0.15) is 5.82 Å². The highest BCUT2D eigenvalue weighted by Gasteiger charge is 2.24. The van der Waals surface area contributed by atoms with Crippen LogP contribution in [0.2, 0.25) is 0 Å². The van der Waals surface area contributed by atoms with E-state index in [0.717, 1.165) is 0 Å². The maximum absolute atomic E-state index is 13.4. The second kappa shape index (κ2) is 4.49. The molecule has 1 fully saturated rings. The second-order valence-corrected chi connectivity index (χ2v) is 3.79. The zero-order chi connectivity index (χ0) is 11.5. The van der Waals surface area contributed by atoms with Crippen LogP contribution in [0.5, 0.6) is 0 Å². The SMILES string of the molecule is Nc1ccc(NC(=O)C2CCOC2)c(F)c1. The summed E-state index contributed by atoms with van der Waals surface area (Å²) in [5.41, 5.74) is 5.90. The number of halogens is 1. The van der Waals surface area contributed by atoms with Crippen molar-refractivity contribution in [1.29, 1.82) is 0 Å². The van der Waals surface area contributed by atoms with Gasteiger partial charge < -0.3 is 15.8 Å². The third kappa shape index (κ3) is 2.30. The van der Waals surface area contributed by atoms with E-state index < -0.39 is 5.82 Å². The summed E-state index contributed by atoms with van der Waals surface area (Å²) in [5.74, 6) is -0.912. The van der Waals surface area contributed by atoms with Crippen LogP contribution in [-0.4, -0.2) is 19.1 Å². The predicted molar refractivity (Wildman–Crippen MR) is 58.4 cm³/mol. The number of hydrogen-bond acceptors (Lipinski definition) is 3. The molecule has 0 spiro atoms. The molecule has 1 heterocycles. The van der Waals surface area contributed by atoms with Gasteiger partial charge in [0.25, 0.3) is 0 Å². The van der Waals surface area contributed by atoms with Gasteiger partial charge in [-0.05, 0) is 24.6 Å². The summed E-state index contributed by atoms with van der Waals surface area (Å²) < 4.78 is 18.5. The number of nitrogens with two attached hydrogens (primary N) is 1. The highest BCUT2D eigenvalue weighted by molar-refractivity contribution is 5.93. The highest BCUT2D eigenvalue weighted by Crippen LogP contribution is 2.19. The molecule has 4 nitrogen and oxygen atoms in total. The Morgan fingerprint density at radius 3 is 3.00 bits per heavy atom. The lowest BCUT2D eigenvalue weighted by Gasteiger charge is -2.10. The predicted octanol–water partition coefficient (Wildman–Crippen LogP) is 1.38. The molecular weight excluding hydrogens is 211 g/mol. The quantitative estimate of drug-likeness (QED) is 0.746. The van der Waals surface area contributed by atoms with Crippen molar-refractivity contribution in [2.75, 3.05) is 24.3 Å². The number of amides is 1. The smallest absolute Gasteiger partial charge is 0.229 e. The monoisotopic (exact) mass is 224 g/mol. The van der Waals surface area contributed by atoms with Crippen LogP contribution in [0.15, 0.2) is 18.2 Å². The molecule has 86 valence electrons. The van der Waals surface area contributed by atoms with Crippen molar-refractivity contribution in [2.45, 2.75) is 6.42 Å². The fourth-order valence-corrected chi connectivity index (χ4v) is 1.61. The minimum absolute atomic E-state index is 0.158. The summed E-state index contributed by atoms with van der Waals surface area (Å²) in [7, 11) is 0. The molecule has 0 aliphatic carbocycles. The molecule has 1 aromatic rings. The van der Waals surface area contributed by atoms with Crippen molar-refractivity contribution in [2.24, 2.45) is 5.92 Å². The first-order valence-corrected chi connectivity index (χ1v) is 5.10. The Bertz CT molecular complexity index is 403. The number of anilines is 2. The fraction of sp³-hybridized carbons (Fsp3) is 0.364. The van der Waals surface area contributed by atoms with Gasteiger partial charge in [-0.15, -0.1) is 0 Å². The number of carbonyl (C=O) groups is 1. The zero-order valence-corrected chi connectivity index (χ0v) is 8.70. The van der Waals surface area contributed by atoms with E-state index in [1.165, 1.54) is 12.1 Å². The summed E-state index contributed by atoms with van der Waals surface area (Å²) in [6.07, 6.45) is 0.683. The molecule has 1 unspecified atom stereocenters. The van der Waals surface area contributed by atoms with Crippen molar-refractivity contribution in [3.8, 4) is 0 Å². The van der Waals surface area contributed by atoms with Gasteiger partial charge in [0.05, 0.1) is 18.2 Å². The van der Waals surface area contributed by atoms with Crippen LogP contribution in [-0.2, 0) is 9.53 Å². The van der Waals surface area contributed by atoms with Gasteiger partial charge in [0, 0.05) is 12.3 Å². The van der Waals surface area contributed by atoms with Crippen molar-refractivity contribution in [1.82, 2.24) is 0 Å². The number of hydrogen-bond donors (Lipinski definition) is 2. The molecule has 0 aromatic heterocycles. The molecule has 1 atom stereocenters. The molecule has 1 saturated heterocycles. The van der Waals surface area contributed by atoms with Gasteiger partial charge in [0.2, 0.25) is 5.91 Å². The van der Waals surface area contributed by atoms with E-state index in [0.29, 0.717) is 25.3 Å². The standard InChI is InChI=1S/C11H13FN2O2/c12-9-5-8(13)1-2-10(9)14-11(15)7-3-4-16-6-7/h1-2,5,7H,3-4,6,13H2,(H,14,15). The molecule has 1 aliphatic rings. The van der Waals surface area contributed by atoms with Crippen LogP contribution < -0.4 is 11.1 Å². The molecule has 16 heavy (non-hydrogen) atoms. The topological polar surface area (TPSA) is 64.3 Å². The van der Waals surface area contributed by atoms with E-state index in [1.54, 1.807) is 6.07 Å². The number of ether oxygens (including phenoxy) is 1. The van der Waals surface area contributed by atoms with Crippen LogP contribution in [0, 0.1) is 11.7 Å². The van der Waals surface area contributed by atoms with Crippen LogP contribution in [0.4, 0.5) is 15.8 Å². The maximum Gasteiger partial charge on any atom is 0.229 e. The summed E-state index contributed by atoms with van der Waals surface area (Å²) in [4.78, 5) is 11.7. The van der Waals surface area contributed by atoms with E-state index in [9.17, 15) is 9.18 Å². The molecule has 0 saturated carbocycles. The number of nitrogens with one attached hydrogen (secondary N) is 1. The molecule has 1 amide bonds. The van der Waals surface area contributed by atoms with Gasteiger partial charge in [-0.1, -0.05) is 0 Å². The Morgan fingerprint density at radius 2 is 2.38 bits per heavy atom. The van der Waals surface area contributed by atoms with E-state index >= 15 is 0 Å². The Hall–Kier alpha value is -1.62. The molecule has 2 rings (SSSR count). The van der Waals surface area contributed by atoms with E-state index in [2.05, 4.69) is 5.32 Å². The van der Waals surface area contributed by atoms with Crippen molar-refractivity contribution in [3.05, 3.63) is 24.0 Å². The Labute approximate surface area is 92.6 Å². The van der Waals surface area contributed by atoms with Crippen LogP contribution >= 0.6 is 0 Å². The Morgan fingerprint density at radius 1 is 1.56 bits per heavy atom. The van der Waals surface area contributed by atoms with Gasteiger partial charge in [0.15, 0.2) is 0 Å². The molecule has 1 aliphatic heterocycles. The van der Waals surface area contributed by atoms with E-state index in [1.807, 2.05) is 0 Å². The third-order valence-electron chi connectivity index (χ3n) is 2.55. The molecule has 0 bridgehead atoms. The largest absolute Gasteiger partial charge is 0.399 e. The molecule has 0 radical (unpaired) electrons. The van der Waals surface area contributed by atoms with Crippen LogP contribution in [0.3, 0.4) is 0 Å². The summed E-state index contributed by atoms with van der Waals surface area (Å²) in [6.45, 7) is 0.991. The van der Waals surface area contributed by atoms with E-state index in [4.69, 9.17) is 10.5 Å². The Balaban J connectivity index is 2.05. The van der Waals surface area contributed by atoms with E-state index in [-0.39, 0.29) is 17.5 Å². The average Bonchev–Trinajstić information content (AvgIpc) is 2.75. The molecular formula is C11H13FN2O2. The number of rotatable bonds is 2. The number of nitrogen functional groups attached to an aromatic ring is 1. The van der Waals surface area contributed by atoms with Crippen LogP contribution in [0.1, 0.15) is 6.42 Å². The van der Waals surface area contributed by atoms with Crippen molar-refractivity contribution >= 4 is 17.3 Å². The van der Waals surface area contributed by atoms with Crippen molar-refractivity contribution < 1.29 is 13.9 Å². The zero-order valence-electron chi connectivity index (χ0n) is 8.70. The lowest BCUT2D eigenvalue weighted by atomic mass is 10.1. The van der Waals surface area contributed by atoms with Gasteiger partial charge in [-0.3, -0.25) is 4.79 Å². The summed E-state index contributed by atoms with van der Waals surface area (Å²) in [6, 6.07) is 4.18. The molecule has 5 heteroatoms. The van der Waals surface area contributed by atoms with Crippen molar-refractivity contribution in [3.63, 3.8) is 0 Å². The normalized spacial score (nSPS) is 19.7. The summed E-state index contributed by atoms with van der Waals surface area (Å²) >= 11 is 0. The van der Waals surface area contributed by atoms with Gasteiger partial charge in [-0.2, -0.15) is 0 Å². The first-order chi connectivity index (χ1) is 7.66. The minimum atomic E-state index is -0.521. The lowest BCUT2D eigenvalue weighted by molar-refractivity contribution is -0.119. The summed E-state index contributed by atoms with van der Waals surface area (Å²) in [5, 5.41) is 2.53. The number of carbonyl (C=O) groups excluding carboxylic acids is 1. The average molecular weight is 224 g/mol. The van der Waals surface area contributed by atoms with Crippen LogP contribution in [0.25, 0.3) is 0 Å². The third-order valence-corrected chi connectivity index (χ3v) is 2.55. The number of benzene rings is 1. The molecule has 1 aromatic carbocycles. The van der Waals surface area contributed by atoms with Gasteiger partial charge in [-0.25, -0.2) is 4.39 Å². The lowest BCUT2D eigenvalue weighted by Crippen LogP contribution is -2.23. The first kappa shape index (κ1) is 10.9. The fourth-order valence-electron chi connectivity index (χ4n) is 1.61.